The monoisotopic (exact) mass is 298 g/mol. The van der Waals surface area contributed by atoms with Gasteiger partial charge in [-0.25, -0.2) is 4.39 Å². The number of nitro benzene ring substituents is 1. The van der Waals surface area contributed by atoms with Gasteiger partial charge in [-0.15, -0.1) is 0 Å². The van der Waals surface area contributed by atoms with Crippen molar-refractivity contribution in [1.29, 1.82) is 0 Å². The van der Waals surface area contributed by atoms with Crippen LogP contribution in [0.15, 0.2) is 12.1 Å². The quantitative estimate of drug-likeness (QED) is 0.656. The van der Waals surface area contributed by atoms with Gasteiger partial charge in [-0.3, -0.25) is 10.1 Å². The zero-order valence-corrected chi connectivity index (χ0v) is 12.6. The van der Waals surface area contributed by atoms with Crippen LogP contribution in [0.2, 0.25) is 0 Å². The molecule has 1 fully saturated rings. The zero-order chi connectivity index (χ0) is 14.8. The van der Waals surface area contributed by atoms with E-state index in [1.54, 1.807) is 6.92 Å². The van der Waals surface area contributed by atoms with Crippen molar-refractivity contribution >= 4 is 23.1 Å². The predicted molar refractivity (Wildman–Crippen MR) is 81.0 cm³/mol. The summed E-state index contributed by atoms with van der Waals surface area (Å²) >= 11 is 1.81. The Morgan fingerprint density at radius 2 is 2.10 bits per heavy atom. The van der Waals surface area contributed by atoms with Crippen molar-refractivity contribution in [3.8, 4) is 0 Å². The largest absolute Gasteiger partial charge is 0.378 e. The maximum absolute atomic E-state index is 13.5. The minimum absolute atomic E-state index is 0.149. The number of hydrogen-bond donors (Lipinski definition) is 1. The molecule has 0 heterocycles. The number of nitrogens with one attached hydrogen (secondary N) is 1. The van der Waals surface area contributed by atoms with Crippen LogP contribution in [0.3, 0.4) is 0 Å². The van der Waals surface area contributed by atoms with Crippen LogP contribution >= 0.6 is 11.8 Å². The van der Waals surface area contributed by atoms with Crippen molar-refractivity contribution in [3.63, 3.8) is 0 Å². The average Bonchev–Trinajstić information content (AvgIpc) is 2.89. The lowest BCUT2D eigenvalue weighted by molar-refractivity contribution is -0.384. The lowest BCUT2D eigenvalue weighted by Crippen LogP contribution is -2.30. The number of nitrogens with zero attached hydrogens (tertiary/aromatic N) is 1. The van der Waals surface area contributed by atoms with Gasteiger partial charge in [-0.2, -0.15) is 11.8 Å². The number of hydrogen-bond acceptors (Lipinski definition) is 4. The fourth-order valence-corrected chi connectivity index (χ4v) is 3.61. The number of thioether (sulfide) groups is 1. The van der Waals surface area contributed by atoms with Gasteiger partial charge >= 0.3 is 0 Å². The van der Waals surface area contributed by atoms with Crippen molar-refractivity contribution in [1.82, 2.24) is 0 Å². The second-order valence-corrected chi connectivity index (χ2v) is 6.60. The second-order valence-electron chi connectivity index (χ2n) is 5.32. The highest BCUT2D eigenvalue weighted by atomic mass is 32.2. The minimum atomic E-state index is -0.539. The summed E-state index contributed by atoms with van der Waals surface area (Å²) in [6.45, 7) is 2.30. The Hall–Kier alpha value is -1.30. The van der Waals surface area contributed by atoms with Gasteiger partial charge in [0.15, 0.2) is 0 Å². The summed E-state index contributed by atoms with van der Waals surface area (Å²) in [5, 5.41) is 14.2. The summed E-state index contributed by atoms with van der Waals surface area (Å²) in [5.74, 6) is -0.539. The molecule has 0 amide bonds. The number of nitro groups is 1. The molecular formula is C14H19FN2O2S. The first kappa shape index (κ1) is 15.1. The molecule has 0 aliphatic heterocycles. The molecule has 0 bridgehead atoms. The molecule has 0 radical (unpaired) electrons. The van der Waals surface area contributed by atoms with E-state index in [0.717, 1.165) is 18.9 Å². The molecule has 0 spiro atoms. The van der Waals surface area contributed by atoms with Gasteiger partial charge in [-0.05, 0) is 37.7 Å². The SMILES string of the molecule is CSC1(CNc2cc(C)c(F)cc2[N+](=O)[O-])CCCC1. The molecule has 0 atom stereocenters. The Kier molecular flexibility index (Phi) is 4.52. The van der Waals surface area contributed by atoms with E-state index >= 15 is 0 Å². The van der Waals surface area contributed by atoms with Crippen LogP contribution in [0.4, 0.5) is 15.8 Å². The summed E-state index contributed by atoms with van der Waals surface area (Å²) in [7, 11) is 0. The summed E-state index contributed by atoms with van der Waals surface area (Å²) in [5.41, 5.74) is 0.638. The maximum atomic E-state index is 13.5. The second kappa shape index (κ2) is 5.99. The number of aryl methyl sites for hydroxylation is 1. The highest BCUT2D eigenvalue weighted by molar-refractivity contribution is 8.00. The van der Waals surface area contributed by atoms with Crippen LogP contribution in [0.25, 0.3) is 0 Å². The van der Waals surface area contributed by atoms with Crippen molar-refractivity contribution in [2.75, 3.05) is 18.1 Å². The molecule has 1 aromatic rings. The van der Waals surface area contributed by atoms with E-state index in [1.165, 1.54) is 18.9 Å². The molecule has 1 aliphatic carbocycles. The number of benzene rings is 1. The molecule has 1 saturated carbocycles. The molecular weight excluding hydrogens is 279 g/mol. The highest BCUT2D eigenvalue weighted by Gasteiger charge is 2.33. The molecule has 4 nitrogen and oxygen atoms in total. The van der Waals surface area contributed by atoms with Crippen LogP contribution < -0.4 is 5.32 Å². The van der Waals surface area contributed by atoms with Gasteiger partial charge in [0.2, 0.25) is 0 Å². The van der Waals surface area contributed by atoms with Crippen LogP contribution in [0.1, 0.15) is 31.2 Å². The molecule has 0 aromatic heterocycles. The topological polar surface area (TPSA) is 55.2 Å². The van der Waals surface area contributed by atoms with Crippen LogP contribution in [-0.2, 0) is 0 Å². The first-order chi connectivity index (χ1) is 9.47. The molecule has 1 aromatic carbocycles. The van der Waals surface area contributed by atoms with E-state index in [4.69, 9.17) is 0 Å². The van der Waals surface area contributed by atoms with Gasteiger partial charge in [0, 0.05) is 11.3 Å². The lowest BCUT2D eigenvalue weighted by atomic mass is 10.1. The number of anilines is 1. The number of rotatable bonds is 5. The van der Waals surface area contributed by atoms with E-state index in [9.17, 15) is 14.5 Å². The molecule has 110 valence electrons. The summed E-state index contributed by atoms with van der Waals surface area (Å²) in [4.78, 5) is 10.5. The Labute approximate surface area is 122 Å². The van der Waals surface area contributed by atoms with E-state index in [1.807, 2.05) is 11.8 Å². The van der Waals surface area contributed by atoms with Crippen molar-refractivity contribution in [2.45, 2.75) is 37.4 Å². The summed E-state index contributed by atoms with van der Waals surface area (Å²) < 4.78 is 13.6. The first-order valence-electron chi connectivity index (χ1n) is 6.71. The zero-order valence-electron chi connectivity index (χ0n) is 11.7. The minimum Gasteiger partial charge on any atom is -0.378 e. The molecule has 6 heteroatoms. The fraction of sp³-hybridized carbons (Fsp3) is 0.571. The maximum Gasteiger partial charge on any atom is 0.295 e. The van der Waals surface area contributed by atoms with Crippen molar-refractivity contribution in [3.05, 3.63) is 33.6 Å². The van der Waals surface area contributed by atoms with Crippen LogP contribution in [0, 0.1) is 22.9 Å². The molecule has 0 unspecified atom stereocenters. The predicted octanol–water partition coefficient (Wildman–Crippen LogP) is 4.13. The third-order valence-corrected chi connectivity index (χ3v) is 5.44. The van der Waals surface area contributed by atoms with Gasteiger partial charge in [0.05, 0.1) is 11.0 Å². The standard InChI is InChI=1S/C14H19FN2O2S/c1-10-7-12(13(17(18)19)8-11(10)15)16-9-14(20-2)5-3-4-6-14/h7-8,16H,3-6,9H2,1-2H3. The average molecular weight is 298 g/mol. The van der Waals surface area contributed by atoms with E-state index in [2.05, 4.69) is 11.6 Å². The van der Waals surface area contributed by atoms with E-state index < -0.39 is 10.7 Å². The molecule has 1 N–H and O–H groups in total. The summed E-state index contributed by atoms with van der Waals surface area (Å²) in [6, 6.07) is 2.52. The Morgan fingerprint density at radius 1 is 1.45 bits per heavy atom. The Bertz CT molecular complexity index is 516. The van der Waals surface area contributed by atoms with Gasteiger partial charge in [0.25, 0.3) is 5.69 Å². The van der Waals surface area contributed by atoms with Gasteiger partial charge in [-0.1, -0.05) is 12.8 Å². The van der Waals surface area contributed by atoms with Crippen LogP contribution in [0.5, 0.6) is 0 Å². The molecule has 1 aliphatic rings. The normalized spacial score (nSPS) is 17.1. The van der Waals surface area contributed by atoms with Gasteiger partial charge < -0.3 is 5.32 Å². The third-order valence-electron chi connectivity index (χ3n) is 4.02. The Balaban J connectivity index is 2.20. The molecule has 0 saturated heterocycles. The first-order valence-corrected chi connectivity index (χ1v) is 7.93. The summed E-state index contributed by atoms with van der Waals surface area (Å²) in [6.07, 6.45) is 6.72. The molecule has 20 heavy (non-hydrogen) atoms. The van der Waals surface area contributed by atoms with Gasteiger partial charge in [0.1, 0.15) is 11.5 Å². The number of halogens is 1. The smallest absolute Gasteiger partial charge is 0.295 e. The van der Waals surface area contributed by atoms with Crippen molar-refractivity contribution < 1.29 is 9.31 Å². The van der Waals surface area contributed by atoms with Crippen molar-refractivity contribution in [2.24, 2.45) is 0 Å². The van der Waals surface area contributed by atoms with E-state index in [0.29, 0.717) is 17.8 Å². The Morgan fingerprint density at radius 3 is 2.65 bits per heavy atom. The third kappa shape index (κ3) is 3.06. The fourth-order valence-electron chi connectivity index (χ4n) is 2.69. The van der Waals surface area contributed by atoms with Crippen LogP contribution in [-0.4, -0.2) is 22.5 Å². The lowest BCUT2D eigenvalue weighted by Gasteiger charge is -2.27. The highest BCUT2D eigenvalue weighted by Crippen LogP contribution is 2.40. The van der Waals surface area contributed by atoms with E-state index in [-0.39, 0.29) is 10.4 Å². The molecule has 2 rings (SSSR count).